The Morgan fingerprint density at radius 3 is 2.52 bits per heavy atom. The lowest BCUT2D eigenvalue weighted by molar-refractivity contribution is -0.126. The molecule has 2 atom stereocenters. The molecule has 2 unspecified atom stereocenters. The Hall–Kier alpha value is -1.72. The van der Waals surface area contributed by atoms with E-state index in [1.54, 1.807) is 13.1 Å². The van der Waals surface area contributed by atoms with Gasteiger partial charge in [0.15, 0.2) is 0 Å². The van der Waals surface area contributed by atoms with E-state index >= 15 is 0 Å². The first-order valence-electron chi connectivity index (χ1n) is 6.68. The van der Waals surface area contributed by atoms with Crippen molar-refractivity contribution in [3.63, 3.8) is 0 Å². The molecular weight excluding hydrogens is 330 g/mol. The van der Waals surface area contributed by atoms with Gasteiger partial charge in [-0.25, -0.2) is 0 Å². The molecule has 1 amide bonds. The first kappa shape index (κ1) is 15.7. The number of benzene rings is 1. The Morgan fingerprint density at radius 1 is 1.29 bits per heavy atom. The van der Waals surface area contributed by atoms with Gasteiger partial charge in [0, 0.05) is 10.7 Å². The lowest BCUT2D eigenvalue weighted by Gasteiger charge is -2.26. The zero-order valence-corrected chi connectivity index (χ0v) is 13.6. The third-order valence-electron chi connectivity index (χ3n) is 3.39. The van der Waals surface area contributed by atoms with Crippen molar-refractivity contribution in [3.05, 3.63) is 64.4 Å². The van der Waals surface area contributed by atoms with Gasteiger partial charge in [0.25, 0.3) is 0 Å². The van der Waals surface area contributed by atoms with Crippen molar-refractivity contribution in [1.82, 2.24) is 10.3 Å². The van der Waals surface area contributed by atoms with Crippen LogP contribution in [-0.2, 0) is 10.3 Å². The summed E-state index contributed by atoms with van der Waals surface area (Å²) in [5.41, 5.74) is 6.68. The highest BCUT2D eigenvalue weighted by Gasteiger charge is 2.31. The summed E-state index contributed by atoms with van der Waals surface area (Å²) in [6.07, 6.45) is 1.70. The van der Waals surface area contributed by atoms with Crippen molar-refractivity contribution < 1.29 is 4.79 Å². The number of amides is 1. The van der Waals surface area contributed by atoms with Crippen molar-refractivity contribution in [2.75, 3.05) is 0 Å². The number of nitrogens with zero attached hydrogens (tertiary/aromatic N) is 1. The van der Waals surface area contributed by atoms with Gasteiger partial charge in [-0.2, -0.15) is 0 Å². The molecule has 0 saturated carbocycles. The number of aromatic nitrogens is 1. The van der Waals surface area contributed by atoms with Crippen LogP contribution in [0.25, 0.3) is 0 Å². The van der Waals surface area contributed by atoms with E-state index in [-0.39, 0.29) is 11.9 Å². The Kier molecular flexibility index (Phi) is 4.75. The molecule has 2 aromatic rings. The second-order valence-corrected chi connectivity index (χ2v) is 6.07. The van der Waals surface area contributed by atoms with E-state index in [0.29, 0.717) is 0 Å². The van der Waals surface area contributed by atoms with E-state index in [1.807, 2.05) is 49.4 Å². The Bertz CT molecular complexity index is 611. The summed E-state index contributed by atoms with van der Waals surface area (Å²) < 4.78 is 0.948. The normalized spacial score (nSPS) is 15.0. The van der Waals surface area contributed by atoms with Crippen LogP contribution in [0.1, 0.15) is 31.1 Å². The molecule has 0 saturated heterocycles. The first-order valence-corrected chi connectivity index (χ1v) is 7.47. The molecule has 1 aromatic carbocycles. The summed E-state index contributed by atoms with van der Waals surface area (Å²) >= 11 is 3.37. The lowest BCUT2D eigenvalue weighted by Crippen LogP contribution is -2.49. The van der Waals surface area contributed by atoms with Gasteiger partial charge in [-0.3, -0.25) is 9.78 Å². The monoisotopic (exact) mass is 347 g/mol. The Labute approximate surface area is 132 Å². The molecule has 0 radical (unpaired) electrons. The average molecular weight is 348 g/mol. The molecular formula is C16H18BrN3O. The van der Waals surface area contributed by atoms with Crippen LogP contribution in [-0.4, -0.2) is 10.9 Å². The summed E-state index contributed by atoms with van der Waals surface area (Å²) in [6, 6.07) is 12.8. The summed E-state index contributed by atoms with van der Waals surface area (Å²) in [6.45, 7) is 3.59. The molecule has 0 spiro atoms. The standard InChI is InChI=1S/C16H18BrN3O/c1-11(14-5-3-4-10-19-14)20-15(21)16(2,18)12-6-8-13(17)9-7-12/h3-11H,18H2,1-2H3,(H,20,21). The van der Waals surface area contributed by atoms with E-state index in [9.17, 15) is 4.79 Å². The van der Waals surface area contributed by atoms with Crippen LogP contribution in [0.5, 0.6) is 0 Å². The van der Waals surface area contributed by atoms with E-state index < -0.39 is 5.54 Å². The maximum atomic E-state index is 12.5. The van der Waals surface area contributed by atoms with E-state index in [1.165, 1.54) is 0 Å². The van der Waals surface area contributed by atoms with Gasteiger partial charge in [0.2, 0.25) is 5.91 Å². The van der Waals surface area contributed by atoms with Crippen LogP contribution in [0.2, 0.25) is 0 Å². The number of rotatable bonds is 4. The number of nitrogens with two attached hydrogens (primary N) is 1. The summed E-state index contributed by atoms with van der Waals surface area (Å²) in [5.74, 6) is -0.233. The minimum atomic E-state index is -1.09. The number of carbonyl (C=O) groups is 1. The molecule has 0 fully saturated rings. The largest absolute Gasteiger partial charge is 0.346 e. The maximum Gasteiger partial charge on any atom is 0.244 e. The Morgan fingerprint density at radius 2 is 1.95 bits per heavy atom. The van der Waals surface area contributed by atoms with Gasteiger partial charge in [-0.1, -0.05) is 34.1 Å². The quantitative estimate of drug-likeness (QED) is 0.893. The average Bonchev–Trinajstić information content (AvgIpc) is 2.48. The molecule has 1 heterocycles. The highest BCUT2D eigenvalue weighted by molar-refractivity contribution is 9.10. The number of hydrogen-bond donors (Lipinski definition) is 2. The number of pyridine rings is 1. The van der Waals surface area contributed by atoms with Crippen molar-refractivity contribution in [2.45, 2.75) is 25.4 Å². The lowest BCUT2D eigenvalue weighted by atomic mass is 9.92. The van der Waals surface area contributed by atoms with Gasteiger partial charge in [-0.05, 0) is 43.7 Å². The van der Waals surface area contributed by atoms with Crippen molar-refractivity contribution in [1.29, 1.82) is 0 Å². The number of nitrogens with one attached hydrogen (secondary N) is 1. The van der Waals surface area contributed by atoms with E-state index in [4.69, 9.17) is 5.73 Å². The van der Waals surface area contributed by atoms with Crippen LogP contribution in [0.15, 0.2) is 53.1 Å². The highest BCUT2D eigenvalue weighted by Crippen LogP contribution is 2.22. The minimum Gasteiger partial charge on any atom is -0.346 e. The fourth-order valence-corrected chi connectivity index (χ4v) is 2.24. The number of hydrogen-bond acceptors (Lipinski definition) is 3. The molecule has 0 aliphatic heterocycles. The molecule has 0 aliphatic rings. The topological polar surface area (TPSA) is 68.0 Å². The minimum absolute atomic E-state index is 0.197. The molecule has 21 heavy (non-hydrogen) atoms. The van der Waals surface area contributed by atoms with Crippen LogP contribution < -0.4 is 11.1 Å². The van der Waals surface area contributed by atoms with Crippen LogP contribution >= 0.6 is 15.9 Å². The molecule has 0 bridgehead atoms. The van der Waals surface area contributed by atoms with Gasteiger partial charge in [-0.15, -0.1) is 0 Å². The highest BCUT2D eigenvalue weighted by atomic mass is 79.9. The molecule has 4 nitrogen and oxygen atoms in total. The van der Waals surface area contributed by atoms with E-state index in [2.05, 4.69) is 26.2 Å². The predicted molar refractivity (Wildman–Crippen MR) is 86.5 cm³/mol. The van der Waals surface area contributed by atoms with Crippen molar-refractivity contribution in [2.24, 2.45) is 5.73 Å². The molecule has 1 aromatic heterocycles. The molecule has 2 rings (SSSR count). The fraction of sp³-hybridized carbons (Fsp3) is 0.250. The van der Waals surface area contributed by atoms with E-state index in [0.717, 1.165) is 15.7 Å². The SMILES string of the molecule is CC(NC(=O)C(C)(N)c1ccc(Br)cc1)c1ccccn1. The van der Waals surface area contributed by atoms with Crippen molar-refractivity contribution in [3.8, 4) is 0 Å². The second-order valence-electron chi connectivity index (χ2n) is 5.16. The maximum absolute atomic E-state index is 12.5. The summed E-state index contributed by atoms with van der Waals surface area (Å²) in [5, 5.41) is 2.91. The Balaban J connectivity index is 2.13. The third kappa shape index (κ3) is 3.68. The molecule has 0 aliphatic carbocycles. The number of carbonyl (C=O) groups excluding carboxylic acids is 1. The first-order chi connectivity index (χ1) is 9.91. The second kappa shape index (κ2) is 6.37. The van der Waals surface area contributed by atoms with Gasteiger partial charge >= 0.3 is 0 Å². The van der Waals surface area contributed by atoms with Crippen molar-refractivity contribution >= 4 is 21.8 Å². The zero-order valence-electron chi connectivity index (χ0n) is 12.0. The van der Waals surface area contributed by atoms with Crippen LogP contribution in [0.4, 0.5) is 0 Å². The predicted octanol–water partition coefficient (Wildman–Crippen LogP) is 2.90. The zero-order chi connectivity index (χ0) is 15.5. The summed E-state index contributed by atoms with van der Waals surface area (Å²) in [7, 11) is 0. The van der Waals surface area contributed by atoms with Gasteiger partial charge in [0.1, 0.15) is 5.54 Å². The van der Waals surface area contributed by atoms with Gasteiger partial charge < -0.3 is 11.1 Å². The summed E-state index contributed by atoms with van der Waals surface area (Å²) in [4.78, 5) is 16.7. The molecule has 110 valence electrons. The van der Waals surface area contributed by atoms with Crippen LogP contribution in [0, 0.1) is 0 Å². The van der Waals surface area contributed by atoms with Crippen LogP contribution in [0.3, 0.4) is 0 Å². The molecule has 3 N–H and O–H groups in total. The van der Waals surface area contributed by atoms with Gasteiger partial charge in [0.05, 0.1) is 11.7 Å². The number of halogens is 1. The smallest absolute Gasteiger partial charge is 0.244 e. The third-order valence-corrected chi connectivity index (χ3v) is 3.92. The fourth-order valence-electron chi connectivity index (χ4n) is 1.98. The molecule has 5 heteroatoms.